The van der Waals surface area contributed by atoms with Gasteiger partial charge in [0.15, 0.2) is 0 Å². The molecule has 1 N–H and O–H groups in total. The van der Waals surface area contributed by atoms with Crippen LogP contribution < -0.4 is 0 Å². The fraction of sp³-hybridized carbons (Fsp3) is 0.667. The van der Waals surface area contributed by atoms with Crippen molar-refractivity contribution in [1.82, 2.24) is 9.80 Å². The van der Waals surface area contributed by atoms with Crippen LogP contribution in [0, 0.1) is 5.41 Å². The molecule has 28 heavy (non-hydrogen) atoms. The molecular weight excluding hydrogens is 397 g/mol. The number of ether oxygens (including phenoxy) is 1. The number of carbonyl (C=O) groups excluding carboxylic acids is 1. The van der Waals surface area contributed by atoms with E-state index >= 15 is 0 Å². The summed E-state index contributed by atoms with van der Waals surface area (Å²) in [7, 11) is 1.69. The Hall–Kier alpha value is -1.65. The number of hydrogen-bond acceptors (Lipinski definition) is 5. The Morgan fingerprint density at radius 3 is 2.39 bits per heavy atom. The number of thiophene rings is 1. The third kappa shape index (κ3) is 5.92. The van der Waals surface area contributed by atoms with Gasteiger partial charge in [0.25, 0.3) is 0 Å². The van der Waals surface area contributed by atoms with Gasteiger partial charge in [0.2, 0.25) is 5.91 Å². The van der Waals surface area contributed by atoms with Crippen molar-refractivity contribution < 1.29 is 32.6 Å². The van der Waals surface area contributed by atoms with Crippen molar-refractivity contribution in [3.05, 3.63) is 22.4 Å². The fourth-order valence-electron chi connectivity index (χ4n) is 3.55. The highest BCUT2D eigenvalue weighted by Gasteiger charge is 2.47. The molecule has 2 aliphatic rings. The molecule has 0 atom stereocenters. The van der Waals surface area contributed by atoms with Gasteiger partial charge in [-0.05, 0) is 54.7 Å². The van der Waals surface area contributed by atoms with Crippen LogP contribution in [-0.4, -0.2) is 72.9 Å². The Labute approximate surface area is 165 Å². The standard InChI is InChI=1S/C16H24N2O2S.C2HF3O2/c1-20-10-9-18-8-5-16(15(18)19)3-6-17(7-4-16)12-14-2-11-21-13-14;3-2(4,5)1(6)7/h2,11,13H,3-10,12H2,1H3;(H,6,7). The molecule has 0 aliphatic carbocycles. The predicted molar refractivity (Wildman–Crippen MR) is 98.0 cm³/mol. The zero-order valence-corrected chi connectivity index (χ0v) is 16.5. The van der Waals surface area contributed by atoms with E-state index in [4.69, 9.17) is 14.6 Å². The summed E-state index contributed by atoms with van der Waals surface area (Å²) in [5.74, 6) is -2.39. The molecule has 6 nitrogen and oxygen atoms in total. The van der Waals surface area contributed by atoms with Crippen molar-refractivity contribution in [3.8, 4) is 0 Å². The molecular formula is C18H25F3N2O4S. The van der Waals surface area contributed by atoms with E-state index in [9.17, 15) is 18.0 Å². The summed E-state index contributed by atoms with van der Waals surface area (Å²) >= 11 is 1.76. The highest BCUT2D eigenvalue weighted by Crippen LogP contribution is 2.41. The Kier molecular flexibility index (Phi) is 7.85. The lowest BCUT2D eigenvalue weighted by Crippen LogP contribution is -2.44. The molecule has 0 bridgehead atoms. The maximum Gasteiger partial charge on any atom is 0.490 e. The molecule has 1 aromatic heterocycles. The highest BCUT2D eigenvalue weighted by molar-refractivity contribution is 7.07. The monoisotopic (exact) mass is 422 g/mol. The number of aliphatic carboxylic acids is 1. The Morgan fingerprint density at radius 1 is 1.29 bits per heavy atom. The largest absolute Gasteiger partial charge is 0.490 e. The molecule has 2 aliphatic heterocycles. The number of amides is 1. The normalized spacial score (nSPS) is 19.6. The molecule has 2 saturated heterocycles. The predicted octanol–water partition coefficient (Wildman–Crippen LogP) is 2.84. The van der Waals surface area contributed by atoms with Gasteiger partial charge in [0, 0.05) is 26.7 Å². The van der Waals surface area contributed by atoms with E-state index in [-0.39, 0.29) is 5.41 Å². The number of carboxylic acid groups (broad SMARTS) is 1. The summed E-state index contributed by atoms with van der Waals surface area (Å²) in [4.78, 5) is 26.0. The lowest BCUT2D eigenvalue weighted by Gasteiger charge is -2.37. The number of carboxylic acids is 1. The fourth-order valence-corrected chi connectivity index (χ4v) is 4.21. The quantitative estimate of drug-likeness (QED) is 0.790. The van der Waals surface area contributed by atoms with Gasteiger partial charge >= 0.3 is 12.1 Å². The van der Waals surface area contributed by atoms with Gasteiger partial charge < -0.3 is 14.7 Å². The average Bonchev–Trinajstić information content (AvgIpc) is 3.25. The Bertz CT molecular complexity index is 644. The maximum atomic E-state index is 12.7. The number of halogens is 3. The van der Waals surface area contributed by atoms with Crippen LogP contribution in [0.1, 0.15) is 24.8 Å². The van der Waals surface area contributed by atoms with Gasteiger partial charge in [-0.1, -0.05) is 0 Å². The molecule has 1 amide bonds. The van der Waals surface area contributed by atoms with Crippen molar-refractivity contribution >= 4 is 23.2 Å². The first kappa shape index (κ1) is 22.6. The first-order valence-electron chi connectivity index (χ1n) is 9.00. The number of rotatable bonds is 5. The molecule has 2 fully saturated rings. The third-order valence-corrected chi connectivity index (χ3v) is 5.94. The van der Waals surface area contributed by atoms with Gasteiger partial charge in [0.05, 0.1) is 12.0 Å². The third-order valence-electron chi connectivity index (χ3n) is 5.21. The average molecular weight is 422 g/mol. The minimum absolute atomic E-state index is 0.0705. The zero-order valence-electron chi connectivity index (χ0n) is 15.7. The van der Waals surface area contributed by atoms with E-state index in [2.05, 4.69) is 21.7 Å². The van der Waals surface area contributed by atoms with Crippen LogP contribution in [0.15, 0.2) is 16.8 Å². The number of methoxy groups -OCH3 is 1. The number of nitrogens with zero attached hydrogens (tertiary/aromatic N) is 2. The lowest BCUT2D eigenvalue weighted by molar-refractivity contribution is -0.192. The van der Waals surface area contributed by atoms with Crippen molar-refractivity contribution in [2.24, 2.45) is 5.41 Å². The molecule has 10 heteroatoms. The van der Waals surface area contributed by atoms with Gasteiger partial charge in [-0.2, -0.15) is 24.5 Å². The van der Waals surface area contributed by atoms with Crippen molar-refractivity contribution in [2.75, 3.05) is 39.9 Å². The molecule has 158 valence electrons. The number of hydrogen-bond donors (Lipinski definition) is 1. The first-order valence-corrected chi connectivity index (χ1v) is 9.94. The second kappa shape index (κ2) is 9.71. The van der Waals surface area contributed by atoms with E-state index in [0.717, 1.165) is 52.0 Å². The molecule has 0 saturated carbocycles. The SMILES string of the molecule is COCCN1CCC2(CCN(Cc3ccsc3)CC2)C1=O.O=C(O)C(F)(F)F. The second-order valence-corrected chi connectivity index (χ2v) is 7.81. The summed E-state index contributed by atoms with van der Waals surface area (Å²) in [5.41, 5.74) is 1.33. The van der Waals surface area contributed by atoms with Gasteiger partial charge in [-0.15, -0.1) is 0 Å². The van der Waals surface area contributed by atoms with E-state index in [1.165, 1.54) is 5.56 Å². The van der Waals surface area contributed by atoms with E-state index in [0.29, 0.717) is 12.5 Å². The first-order chi connectivity index (χ1) is 13.2. The molecule has 0 aromatic carbocycles. The van der Waals surface area contributed by atoms with Gasteiger partial charge in [-0.3, -0.25) is 9.69 Å². The van der Waals surface area contributed by atoms with E-state index in [1.54, 1.807) is 18.4 Å². The molecule has 1 aromatic rings. The highest BCUT2D eigenvalue weighted by atomic mass is 32.1. The molecule has 0 unspecified atom stereocenters. The summed E-state index contributed by atoms with van der Waals surface area (Å²) in [6, 6.07) is 2.20. The van der Waals surface area contributed by atoms with Crippen LogP contribution >= 0.6 is 11.3 Å². The topological polar surface area (TPSA) is 70.1 Å². The number of alkyl halides is 3. The lowest BCUT2D eigenvalue weighted by atomic mass is 9.77. The molecule has 3 heterocycles. The van der Waals surface area contributed by atoms with Crippen molar-refractivity contribution in [2.45, 2.75) is 32.0 Å². The van der Waals surface area contributed by atoms with Crippen molar-refractivity contribution in [1.29, 1.82) is 0 Å². The van der Waals surface area contributed by atoms with Crippen molar-refractivity contribution in [3.63, 3.8) is 0 Å². The van der Waals surface area contributed by atoms with Crippen LogP contribution in [0.3, 0.4) is 0 Å². The Morgan fingerprint density at radius 2 is 1.89 bits per heavy atom. The zero-order chi connectivity index (χ0) is 20.8. The number of carbonyl (C=O) groups is 2. The van der Waals surface area contributed by atoms with Crippen LogP contribution in [-0.2, 0) is 20.9 Å². The molecule has 3 rings (SSSR count). The minimum atomic E-state index is -5.08. The molecule has 1 spiro atoms. The summed E-state index contributed by atoms with van der Waals surface area (Å²) < 4.78 is 36.8. The van der Waals surface area contributed by atoms with Gasteiger partial charge in [0.1, 0.15) is 0 Å². The maximum absolute atomic E-state index is 12.7. The number of likely N-dealkylation sites (tertiary alicyclic amines) is 2. The van der Waals surface area contributed by atoms with Gasteiger partial charge in [-0.25, -0.2) is 4.79 Å². The van der Waals surface area contributed by atoms with Crippen LogP contribution in [0.25, 0.3) is 0 Å². The van der Waals surface area contributed by atoms with Crippen LogP contribution in [0.4, 0.5) is 13.2 Å². The van der Waals surface area contributed by atoms with E-state index < -0.39 is 12.1 Å². The summed E-state index contributed by atoms with van der Waals surface area (Å²) in [6.45, 7) is 5.41. The van der Waals surface area contributed by atoms with E-state index in [1.807, 2.05) is 4.90 Å². The Balaban J connectivity index is 0.000000345. The van der Waals surface area contributed by atoms with Crippen LogP contribution in [0.5, 0.6) is 0 Å². The second-order valence-electron chi connectivity index (χ2n) is 7.03. The van der Waals surface area contributed by atoms with Crippen LogP contribution in [0.2, 0.25) is 0 Å². The number of piperidine rings is 1. The summed E-state index contributed by atoms with van der Waals surface area (Å²) in [6.07, 6.45) is -2.03. The minimum Gasteiger partial charge on any atom is -0.475 e. The summed E-state index contributed by atoms with van der Waals surface area (Å²) in [5, 5.41) is 11.5. The smallest absolute Gasteiger partial charge is 0.475 e. The molecule has 0 radical (unpaired) electrons.